The predicted octanol–water partition coefficient (Wildman–Crippen LogP) is -0.126. The van der Waals surface area contributed by atoms with Gasteiger partial charge in [0.25, 0.3) is 5.91 Å². The summed E-state index contributed by atoms with van der Waals surface area (Å²) in [5, 5.41) is 16.1. The molecule has 0 spiro atoms. The Labute approximate surface area is 122 Å². The van der Waals surface area contributed by atoms with Crippen molar-refractivity contribution >= 4 is 11.6 Å². The second-order valence-corrected chi connectivity index (χ2v) is 5.51. The average Bonchev–Trinajstić information content (AvgIpc) is 3.05. The summed E-state index contributed by atoms with van der Waals surface area (Å²) in [5.41, 5.74) is 7.69. The van der Waals surface area contributed by atoms with Crippen LogP contribution < -0.4 is 11.1 Å². The zero-order chi connectivity index (χ0) is 14.8. The number of carbonyl (C=O) groups excluding carboxylic acids is 1. The van der Waals surface area contributed by atoms with E-state index in [9.17, 15) is 4.79 Å². The van der Waals surface area contributed by atoms with Crippen LogP contribution in [0.15, 0.2) is 18.5 Å². The molecule has 0 saturated heterocycles. The molecule has 7 nitrogen and oxygen atoms in total. The first kappa shape index (κ1) is 14.0. The summed E-state index contributed by atoms with van der Waals surface area (Å²) in [4.78, 5) is 16.4. The standard InChI is InChI=1S/C14H19N5O2/c15-10-1-2-11(5-10)17-14(21)12-6-13-16-7-9(3-4-20)8-19(13)18-12/h6-8,10-11,20H,1-5,15H2,(H,17,21)/t10-,11-/m1/s1. The summed E-state index contributed by atoms with van der Waals surface area (Å²) in [6, 6.07) is 1.97. The molecule has 21 heavy (non-hydrogen) atoms. The third kappa shape index (κ3) is 3.03. The van der Waals surface area contributed by atoms with Crippen molar-refractivity contribution in [3.63, 3.8) is 0 Å². The molecule has 1 aliphatic carbocycles. The van der Waals surface area contributed by atoms with E-state index in [0.717, 1.165) is 24.8 Å². The molecule has 1 amide bonds. The van der Waals surface area contributed by atoms with Gasteiger partial charge in [-0.2, -0.15) is 5.10 Å². The normalized spacial score (nSPS) is 21.8. The number of rotatable bonds is 4. The highest BCUT2D eigenvalue weighted by Crippen LogP contribution is 2.17. The molecular formula is C14H19N5O2. The molecule has 2 heterocycles. The van der Waals surface area contributed by atoms with Gasteiger partial charge in [-0.15, -0.1) is 0 Å². The summed E-state index contributed by atoms with van der Waals surface area (Å²) in [5.74, 6) is -0.191. The number of nitrogens with two attached hydrogens (primary N) is 1. The van der Waals surface area contributed by atoms with Crippen LogP contribution in [0.25, 0.3) is 5.65 Å². The molecule has 2 aromatic heterocycles. The van der Waals surface area contributed by atoms with E-state index >= 15 is 0 Å². The minimum absolute atomic E-state index is 0.0593. The number of hydrogen-bond acceptors (Lipinski definition) is 5. The molecule has 0 bridgehead atoms. The SMILES string of the molecule is N[C@@H]1CC[C@@H](NC(=O)c2cc3ncc(CCO)cn3n2)C1. The lowest BCUT2D eigenvalue weighted by atomic mass is 10.2. The molecular weight excluding hydrogens is 270 g/mol. The zero-order valence-corrected chi connectivity index (χ0v) is 11.7. The summed E-state index contributed by atoms with van der Waals surface area (Å²) in [6.45, 7) is 0.0593. The maximum atomic E-state index is 12.2. The molecule has 112 valence electrons. The summed E-state index contributed by atoms with van der Waals surface area (Å²) >= 11 is 0. The van der Waals surface area contributed by atoms with E-state index in [2.05, 4.69) is 15.4 Å². The highest BCUT2D eigenvalue weighted by atomic mass is 16.3. The first-order valence-electron chi connectivity index (χ1n) is 7.17. The minimum atomic E-state index is -0.191. The molecule has 2 atom stereocenters. The van der Waals surface area contributed by atoms with Crippen LogP contribution in [-0.2, 0) is 6.42 Å². The van der Waals surface area contributed by atoms with Crippen molar-refractivity contribution in [3.8, 4) is 0 Å². The Kier molecular flexibility index (Phi) is 3.85. The van der Waals surface area contributed by atoms with Crippen LogP contribution in [0, 0.1) is 0 Å². The van der Waals surface area contributed by atoms with Crippen molar-refractivity contribution in [1.29, 1.82) is 0 Å². The quantitative estimate of drug-likeness (QED) is 0.727. The molecule has 0 aliphatic heterocycles. The first-order valence-corrected chi connectivity index (χ1v) is 7.17. The fourth-order valence-electron chi connectivity index (χ4n) is 2.69. The molecule has 0 aromatic carbocycles. The van der Waals surface area contributed by atoms with Gasteiger partial charge in [0.1, 0.15) is 0 Å². The lowest BCUT2D eigenvalue weighted by Gasteiger charge is -2.10. The van der Waals surface area contributed by atoms with E-state index in [1.165, 1.54) is 0 Å². The van der Waals surface area contributed by atoms with Gasteiger partial charge in [0, 0.05) is 37.2 Å². The van der Waals surface area contributed by atoms with Crippen LogP contribution in [-0.4, -0.2) is 44.3 Å². The van der Waals surface area contributed by atoms with Gasteiger partial charge >= 0.3 is 0 Å². The van der Waals surface area contributed by atoms with Crippen LogP contribution in [0.2, 0.25) is 0 Å². The van der Waals surface area contributed by atoms with Gasteiger partial charge < -0.3 is 16.2 Å². The van der Waals surface area contributed by atoms with E-state index in [-0.39, 0.29) is 24.6 Å². The fourth-order valence-corrected chi connectivity index (χ4v) is 2.69. The maximum Gasteiger partial charge on any atom is 0.272 e. The first-order chi connectivity index (χ1) is 10.2. The van der Waals surface area contributed by atoms with Crippen molar-refractivity contribution in [1.82, 2.24) is 19.9 Å². The topological polar surface area (TPSA) is 106 Å². The predicted molar refractivity (Wildman–Crippen MR) is 76.9 cm³/mol. The summed E-state index contributed by atoms with van der Waals surface area (Å²) in [7, 11) is 0. The second-order valence-electron chi connectivity index (χ2n) is 5.51. The maximum absolute atomic E-state index is 12.2. The zero-order valence-electron chi connectivity index (χ0n) is 11.7. The second kappa shape index (κ2) is 5.79. The number of amides is 1. The lowest BCUT2D eigenvalue weighted by molar-refractivity contribution is 0.0932. The Balaban J connectivity index is 1.75. The molecule has 0 radical (unpaired) electrons. The van der Waals surface area contributed by atoms with Gasteiger partial charge in [-0.1, -0.05) is 0 Å². The molecule has 3 rings (SSSR count). The van der Waals surface area contributed by atoms with Gasteiger partial charge in [-0.3, -0.25) is 4.79 Å². The van der Waals surface area contributed by atoms with E-state index in [4.69, 9.17) is 10.8 Å². The van der Waals surface area contributed by atoms with Crippen LogP contribution in [0.1, 0.15) is 35.3 Å². The van der Waals surface area contributed by atoms with Gasteiger partial charge in [0.05, 0.1) is 0 Å². The molecule has 4 N–H and O–H groups in total. The largest absolute Gasteiger partial charge is 0.396 e. The van der Waals surface area contributed by atoms with E-state index in [0.29, 0.717) is 17.8 Å². The number of carbonyl (C=O) groups is 1. The number of fused-ring (bicyclic) bond motifs is 1. The van der Waals surface area contributed by atoms with Gasteiger partial charge in [0.2, 0.25) is 0 Å². The molecule has 7 heteroatoms. The van der Waals surface area contributed by atoms with Crippen LogP contribution in [0.3, 0.4) is 0 Å². The van der Waals surface area contributed by atoms with Crippen LogP contribution in [0.4, 0.5) is 0 Å². The van der Waals surface area contributed by atoms with Crippen molar-refractivity contribution in [3.05, 3.63) is 29.7 Å². The van der Waals surface area contributed by atoms with Gasteiger partial charge in [-0.25, -0.2) is 9.50 Å². The highest BCUT2D eigenvalue weighted by Gasteiger charge is 2.24. The van der Waals surface area contributed by atoms with E-state index < -0.39 is 0 Å². The molecule has 1 aliphatic rings. The van der Waals surface area contributed by atoms with Gasteiger partial charge in [0.15, 0.2) is 11.3 Å². The third-order valence-electron chi connectivity index (χ3n) is 3.81. The molecule has 2 aromatic rings. The Morgan fingerprint density at radius 3 is 3.10 bits per heavy atom. The Morgan fingerprint density at radius 1 is 1.52 bits per heavy atom. The summed E-state index contributed by atoms with van der Waals surface area (Å²) in [6.07, 6.45) is 6.66. The van der Waals surface area contributed by atoms with Crippen LogP contribution in [0.5, 0.6) is 0 Å². The fraction of sp³-hybridized carbons (Fsp3) is 0.500. The van der Waals surface area contributed by atoms with Crippen molar-refractivity contribution < 1.29 is 9.90 Å². The van der Waals surface area contributed by atoms with E-state index in [1.54, 1.807) is 23.0 Å². The Hall–Kier alpha value is -1.99. The number of nitrogens with zero attached hydrogens (tertiary/aromatic N) is 3. The van der Waals surface area contributed by atoms with Crippen molar-refractivity contribution in [2.24, 2.45) is 5.73 Å². The van der Waals surface area contributed by atoms with E-state index in [1.807, 2.05) is 0 Å². The molecule has 1 fully saturated rings. The smallest absolute Gasteiger partial charge is 0.272 e. The Morgan fingerprint density at radius 2 is 2.38 bits per heavy atom. The molecule has 0 unspecified atom stereocenters. The number of aliphatic hydroxyl groups is 1. The third-order valence-corrected chi connectivity index (χ3v) is 3.81. The number of aliphatic hydroxyl groups excluding tert-OH is 1. The molecule has 1 saturated carbocycles. The highest BCUT2D eigenvalue weighted by molar-refractivity contribution is 5.93. The van der Waals surface area contributed by atoms with Crippen molar-refractivity contribution in [2.75, 3.05) is 6.61 Å². The average molecular weight is 289 g/mol. The number of aromatic nitrogens is 3. The van der Waals surface area contributed by atoms with Crippen molar-refractivity contribution in [2.45, 2.75) is 37.8 Å². The number of hydrogen-bond donors (Lipinski definition) is 3. The number of nitrogens with one attached hydrogen (secondary N) is 1. The van der Waals surface area contributed by atoms with Crippen LogP contribution >= 0.6 is 0 Å². The van der Waals surface area contributed by atoms with Gasteiger partial charge in [-0.05, 0) is 31.2 Å². The monoisotopic (exact) mass is 289 g/mol. The minimum Gasteiger partial charge on any atom is -0.396 e. The lowest BCUT2D eigenvalue weighted by Crippen LogP contribution is -2.34. The Bertz CT molecular complexity index is 654. The summed E-state index contributed by atoms with van der Waals surface area (Å²) < 4.78 is 1.57.